The second kappa shape index (κ2) is 7.84. The second-order valence-electron chi connectivity index (χ2n) is 7.34. The minimum atomic E-state index is -1.08. The van der Waals surface area contributed by atoms with Gasteiger partial charge in [0.15, 0.2) is 5.69 Å². The van der Waals surface area contributed by atoms with E-state index < -0.39 is 5.97 Å². The Bertz CT molecular complexity index is 993. The number of carboxylic acid groups (broad SMARTS) is 1. The van der Waals surface area contributed by atoms with Crippen molar-refractivity contribution in [3.8, 4) is 0 Å². The summed E-state index contributed by atoms with van der Waals surface area (Å²) >= 11 is 0. The summed E-state index contributed by atoms with van der Waals surface area (Å²) in [7, 11) is 0. The zero-order valence-electron chi connectivity index (χ0n) is 15.5. The molecule has 1 amide bonds. The standard InChI is InChI=1S/C20H23N5O3/c26-19(8-7-15-10-21-17-6-2-1-5-16(15)17)24-9-3-4-14(11-24)12-25-13-18(20(27)28)22-23-25/h1-2,5-6,10,13-14,21H,3-4,7-9,11-12H2,(H,27,28). The van der Waals surface area contributed by atoms with Gasteiger partial charge in [0, 0.05) is 43.2 Å². The van der Waals surface area contributed by atoms with Crippen LogP contribution in [0.5, 0.6) is 0 Å². The summed E-state index contributed by atoms with van der Waals surface area (Å²) in [6.07, 6.45) is 6.58. The number of aromatic carboxylic acids is 1. The number of carbonyl (C=O) groups excluding carboxylic acids is 1. The third-order valence-electron chi connectivity index (χ3n) is 5.36. The van der Waals surface area contributed by atoms with Crippen LogP contribution in [0.3, 0.4) is 0 Å². The molecular weight excluding hydrogens is 358 g/mol. The molecule has 0 spiro atoms. The van der Waals surface area contributed by atoms with Crippen LogP contribution in [-0.2, 0) is 17.8 Å². The van der Waals surface area contributed by atoms with Crippen LogP contribution < -0.4 is 0 Å². The SMILES string of the molecule is O=C(O)c1cn(CC2CCCN(C(=O)CCc3c[nH]c4ccccc34)C2)nn1. The number of hydrogen-bond acceptors (Lipinski definition) is 4. The predicted molar refractivity (Wildman–Crippen MR) is 103 cm³/mol. The van der Waals surface area contributed by atoms with E-state index in [0.29, 0.717) is 19.5 Å². The molecule has 3 heterocycles. The van der Waals surface area contributed by atoms with Crippen molar-refractivity contribution in [2.75, 3.05) is 13.1 Å². The first-order valence-electron chi connectivity index (χ1n) is 9.56. The summed E-state index contributed by atoms with van der Waals surface area (Å²) in [4.78, 5) is 28.8. The summed E-state index contributed by atoms with van der Waals surface area (Å²) in [6, 6.07) is 8.12. The van der Waals surface area contributed by atoms with Gasteiger partial charge in [0.1, 0.15) is 0 Å². The molecule has 1 aromatic carbocycles. The summed E-state index contributed by atoms with van der Waals surface area (Å²) in [6.45, 7) is 2.03. The van der Waals surface area contributed by atoms with Crippen molar-refractivity contribution in [2.24, 2.45) is 5.92 Å². The highest BCUT2D eigenvalue weighted by molar-refractivity contribution is 5.85. The van der Waals surface area contributed by atoms with Crippen molar-refractivity contribution in [3.63, 3.8) is 0 Å². The Kier molecular flexibility index (Phi) is 5.10. The molecule has 0 saturated carbocycles. The maximum atomic E-state index is 12.7. The van der Waals surface area contributed by atoms with Crippen molar-refractivity contribution in [3.05, 3.63) is 47.9 Å². The Hall–Kier alpha value is -3.16. The number of amides is 1. The zero-order valence-corrected chi connectivity index (χ0v) is 15.5. The number of hydrogen-bond donors (Lipinski definition) is 2. The number of fused-ring (bicyclic) bond motifs is 1. The van der Waals surface area contributed by atoms with Crippen LogP contribution in [0.15, 0.2) is 36.7 Å². The van der Waals surface area contributed by atoms with Gasteiger partial charge in [0.2, 0.25) is 5.91 Å². The molecule has 1 saturated heterocycles. The van der Waals surface area contributed by atoms with E-state index in [-0.39, 0.29) is 17.5 Å². The molecule has 146 valence electrons. The number of nitrogens with zero attached hydrogens (tertiary/aromatic N) is 4. The Balaban J connectivity index is 1.33. The molecule has 28 heavy (non-hydrogen) atoms. The van der Waals surface area contributed by atoms with Gasteiger partial charge in [-0.3, -0.25) is 9.48 Å². The summed E-state index contributed by atoms with van der Waals surface area (Å²) in [5, 5.41) is 17.7. The maximum Gasteiger partial charge on any atom is 0.358 e. The highest BCUT2D eigenvalue weighted by Crippen LogP contribution is 2.22. The van der Waals surface area contributed by atoms with Crippen LogP contribution in [0.2, 0.25) is 0 Å². The number of H-pyrrole nitrogens is 1. The van der Waals surface area contributed by atoms with Crippen LogP contribution in [0.25, 0.3) is 10.9 Å². The van der Waals surface area contributed by atoms with Crippen molar-refractivity contribution in [1.82, 2.24) is 24.9 Å². The first-order valence-corrected chi connectivity index (χ1v) is 9.56. The molecule has 4 rings (SSSR count). The lowest BCUT2D eigenvalue weighted by molar-refractivity contribution is -0.133. The van der Waals surface area contributed by atoms with Gasteiger partial charge in [-0.15, -0.1) is 5.10 Å². The molecular formula is C20H23N5O3. The molecule has 0 radical (unpaired) electrons. The minimum absolute atomic E-state index is 0.0533. The van der Waals surface area contributed by atoms with E-state index in [1.54, 1.807) is 4.68 Å². The monoisotopic (exact) mass is 381 g/mol. The van der Waals surface area contributed by atoms with E-state index in [1.807, 2.05) is 29.3 Å². The normalized spacial score (nSPS) is 17.1. The summed E-state index contributed by atoms with van der Waals surface area (Å²) in [5.74, 6) is -0.655. The maximum absolute atomic E-state index is 12.7. The molecule has 1 fully saturated rings. The van der Waals surface area contributed by atoms with Crippen LogP contribution in [0, 0.1) is 5.92 Å². The second-order valence-corrected chi connectivity index (χ2v) is 7.34. The smallest absolute Gasteiger partial charge is 0.358 e. The van der Waals surface area contributed by atoms with Crippen molar-refractivity contribution in [2.45, 2.75) is 32.2 Å². The van der Waals surface area contributed by atoms with E-state index in [0.717, 1.165) is 31.3 Å². The Labute approximate surface area is 162 Å². The quantitative estimate of drug-likeness (QED) is 0.682. The van der Waals surface area contributed by atoms with Gasteiger partial charge in [0.25, 0.3) is 0 Å². The number of benzene rings is 1. The number of aryl methyl sites for hydroxylation is 1. The van der Waals surface area contributed by atoms with E-state index in [9.17, 15) is 9.59 Å². The number of aromatic amines is 1. The molecule has 2 aromatic heterocycles. The lowest BCUT2D eigenvalue weighted by atomic mass is 9.97. The molecule has 1 atom stereocenters. The number of likely N-dealkylation sites (tertiary alicyclic amines) is 1. The molecule has 1 aliphatic heterocycles. The van der Waals surface area contributed by atoms with Crippen LogP contribution in [-0.4, -0.2) is 55.0 Å². The third kappa shape index (κ3) is 3.90. The average Bonchev–Trinajstić information content (AvgIpc) is 3.33. The van der Waals surface area contributed by atoms with Gasteiger partial charge in [-0.1, -0.05) is 23.4 Å². The van der Waals surface area contributed by atoms with Gasteiger partial charge in [0.05, 0.1) is 6.20 Å². The fourth-order valence-corrected chi connectivity index (χ4v) is 3.93. The number of aromatic nitrogens is 4. The number of nitrogens with one attached hydrogen (secondary N) is 1. The van der Waals surface area contributed by atoms with Gasteiger partial charge < -0.3 is 15.0 Å². The zero-order chi connectivity index (χ0) is 19.5. The number of carboxylic acids is 1. The number of rotatable bonds is 6. The van der Waals surface area contributed by atoms with Gasteiger partial charge in [-0.2, -0.15) is 0 Å². The number of piperidine rings is 1. The molecule has 0 aliphatic carbocycles. The first kappa shape index (κ1) is 18.2. The molecule has 8 heteroatoms. The Morgan fingerprint density at radius 1 is 1.29 bits per heavy atom. The summed E-state index contributed by atoms with van der Waals surface area (Å²) in [5.41, 5.74) is 2.21. The average molecular weight is 381 g/mol. The minimum Gasteiger partial charge on any atom is -0.476 e. The van der Waals surface area contributed by atoms with E-state index in [4.69, 9.17) is 5.11 Å². The van der Waals surface area contributed by atoms with E-state index >= 15 is 0 Å². The lowest BCUT2D eigenvalue weighted by Gasteiger charge is -2.32. The molecule has 3 aromatic rings. The fourth-order valence-electron chi connectivity index (χ4n) is 3.93. The lowest BCUT2D eigenvalue weighted by Crippen LogP contribution is -2.41. The van der Waals surface area contributed by atoms with Crippen molar-refractivity contribution in [1.29, 1.82) is 0 Å². The van der Waals surface area contributed by atoms with E-state index in [1.165, 1.54) is 17.1 Å². The van der Waals surface area contributed by atoms with Gasteiger partial charge >= 0.3 is 5.97 Å². The van der Waals surface area contributed by atoms with Crippen molar-refractivity contribution >= 4 is 22.8 Å². The van der Waals surface area contributed by atoms with Gasteiger partial charge in [-0.05, 0) is 36.8 Å². The molecule has 2 N–H and O–H groups in total. The van der Waals surface area contributed by atoms with Crippen LogP contribution >= 0.6 is 0 Å². The molecule has 8 nitrogen and oxygen atoms in total. The molecule has 0 bridgehead atoms. The molecule has 1 aliphatic rings. The van der Waals surface area contributed by atoms with Crippen LogP contribution in [0.4, 0.5) is 0 Å². The predicted octanol–water partition coefficient (Wildman–Crippen LogP) is 2.33. The largest absolute Gasteiger partial charge is 0.476 e. The summed E-state index contributed by atoms with van der Waals surface area (Å²) < 4.78 is 1.56. The Morgan fingerprint density at radius 2 is 2.14 bits per heavy atom. The third-order valence-corrected chi connectivity index (χ3v) is 5.36. The Morgan fingerprint density at radius 3 is 2.96 bits per heavy atom. The first-order chi connectivity index (χ1) is 13.6. The molecule has 1 unspecified atom stereocenters. The topological polar surface area (TPSA) is 104 Å². The fraction of sp³-hybridized carbons (Fsp3) is 0.400. The highest BCUT2D eigenvalue weighted by Gasteiger charge is 2.24. The van der Waals surface area contributed by atoms with Crippen molar-refractivity contribution < 1.29 is 14.7 Å². The number of carbonyl (C=O) groups is 2. The van der Waals surface area contributed by atoms with E-state index in [2.05, 4.69) is 21.4 Å². The van der Waals surface area contributed by atoms with Gasteiger partial charge in [-0.25, -0.2) is 4.79 Å². The number of para-hydroxylation sites is 1. The highest BCUT2D eigenvalue weighted by atomic mass is 16.4. The van der Waals surface area contributed by atoms with Crippen LogP contribution in [0.1, 0.15) is 35.3 Å².